The second kappa shape index (κ2) is 70.5. The summed E-state index contributed by atoms with van der Waals surface area (Å²) < 4.78 is 97.9. The van der Waals surface area contributed by atoms with Crippen LogP contribution in [0.4, 0.5) is 24.0 Å². The molecule has 7 N–H and O–H groups in total. The monoisotopic (exact) mass is 1640 g/mol. The first-order chi connectivity index (χ1) is 51.5. The summed E-state index contributed by atoms with van der Waals surface area (Å²) in [7, 11) is -8.02. The summed E-state index contributed by atoms with van der Waals surface area (Å²) in [5.41, 5.74) is 0.757. The number of nitrogens with one attached hydrogen (secondary N) is 6. The van der Waals surface area contributed by atoms with Gasteiger partial charge in [-0.15, -0.1) is 0 Å². The van der Waals surface area contributed by atoms with Crippen LogP contribution in [0.5, 0.6) is 5.75 Å². The molecule has 0 fully saturated rings. The van der Waals surface area contributed by atoms with Crippen molar-refractivity contribution in [2.45, 2.75) is 162 Å². The maximum Gasteiger partial charge on any atom is 0.412 e. The van der Waals surface area contributed by atoms with E-state index in [1.54, 1.807) is 40.0 Å². The maximum absolute atomic E-state index is 12.4. The van der Waals surface area contributed by atoms with E-state index in [-0.39, 0.29) is 117 Å². The van der Waals surface area contributed by atoms with Gasteiger partial charge in [0.2, 0.25) is 5.91 Å². The number of hydrogen-bond acceptors (Lipinski definition) is 31. The van der Waals surface area contributed by atoms with Gasteiger partial charge in [-0.3, -0.25) is 14.5 Å². The molecule has 41 heteroatoms. The van der Waals surface area contributed by atoms with Gasteiger partial charge in [-0.1, -0.05) is 99.4 Å². The molecular weight excluding hydrogens is 1520 g/mol. The highest BCUT2D eigenvalue weighted by Gasteiger charge is 2.21. The van der Waals surface area contributed by atoms with Gasteiger partial charge in [-0.2, -0.15) is 0 Å². The van der Waals surface area contributed by atoms with E-state index in [9.17, 15) is 71.5 Å². The largest absolute Gasteiger partial charge is 0.779 e. The fourth-order valence-corrected chi connectivity index (χ4v) is 11.7. The molecule has 0 aliphatic heterocycles. The van der Waals surface area contributed by atoms with Crippen molar-refractivity contribution in [3.05, 3.63) is 29.8 Å². The van der Waals surface area contributed by atoms with Crippen LogP contribution in [0.15, 0.2) is 24.3 Å². The van der Waals surface area contributed by atoms with Gasteiger partial charge >= 0.3 is 48.4 Å². The molecule has 0 heterocycles. The molecule has 1 aromatic rings. The first kappa shape index (κ1) is 104. The van der Waals surface area contributed by atoms with Crippen LogP contribution in [0.25, 0.3) is 0 Å². The lowest BCUT2D eigenvalue weighted by atomic mass is 10.2. The first-order valence-electron chi connectivity index (χ1n) is 36.5. The summed E-state index contributed by atoms with van der Waals surface area (Å²) in [6.07, 6.45) is 12.3. The van der Waals surface area contributed by atoms with Crippen molar-refractivity contribution in [1.82, 2.24) is 36.8 Å². The number of ether oxygens (including phenoxy) is 10. The number of nitrogens with zero attached hydrogens (tertiary/aromatic N) is 1. The summed E-state index contributed by atoms with van der Waals surface area (Å²) in [6.45, 7) is 15.9. The average molecular weight is 1650 g/mol. The number of hydrogen-bond donors (Lipinski definition) is 7. The van der Waals surface area contributed by atoms with E-state index >= 15 is 0 Å². The van der Waals surface area contributed by atoms with Gasteiger partial charge in [-0.05, 0) is 94.7 Å². The third-order valence-electron chi connectivity index (χ3n) is 13.5. The summed E-state index contributed by atoms with van der Waals surface area (Å²) in [4.78, 5) is 139. The van der Waals surface area contributed by atoms with Crippen LogP contribution in [0, 0.1) is 0 Å². The summed E-state index contributed by atoms with van der Waals surface area (Å²) in [5, 5.41) is 24.7. The Morgan fingerprint density at radius 3 is 1.44 bits per heavy atom. The number of alkyl carbamates (subject to hydrolysis) is 4. The van der Waals surface area contributed by atoms with Gasteiger partial charge in [0.1, 0.15) is 61.0 Å². The normalized spacial score (nSPS) is 12.8. The number of unbranched alkanes of at least 4 members (excludes halogenated alkanes) is 12. The Kier molecular flexibility index (Phi) is 68.3. The number of benzene rings is 1. The van der Waals surface area contributed by atoms with Gasteiger partial charge in [0.05, 0.1) is 72.6 Å². The molecule has 628 valence electrons. The number of esters is 2. The topological polar surface area (TPSA) is 490 Å². The average Bonchev–Trinajstić information content (AvgIpc) is 0.895. The second-order valence-electron chi connectivity index (χ2n) is 23.8. The van der Waals surface area contributed by atoms with Crippen LogP contribution in [-0.4, -0.2) is 247 Å². The molecule has 108 heavy (non-hydrogen) atoms. The number of rotatable bonds is 64. The molecule has 6 amide bonds. The van der Waals surface area contributed by atoms with Gasteiger partial charge in [0.25, 0.3) is 0 Å². The van der Waals surface area contributed by atoms with Crippen molar-refractivity contribution in [1.29, 1.82) is 0 Å². The van der Waals surface area contributed by atoms with E-state index in [2.05, 4.69) is 40.9 Å². The molecule has 4 atom stereocenters. The zero-order chi connectivity index (χ0) is 80.8. The third-order valence-corrected chi connectivity index (χ3v) is 17.9. The summed E-state index contributed by atoms with van der Waals surface area (Å²) in [5.74, 6) is -0.872. The number of carbonyl (C=O) groups excluding carboxylic acids is 8. The van der Waals surface area contributed by atoms with E-state index < -0.39 is 77.2 Å². The molecule has 3 unspecified atom stereocenters. The molecular formula is C67H121N7O29P3S2-3. The Morgan fingerprint density at radius 1 is 0.454 bits per heavy atom. The predicted octanol–water partition coefficient (Wildman–Crippen LogP) is 7.63. The van der Waals surface area contributed by atoms with E-state index in [4.69, 9.17) is 57.0 Å². The highest BCUT2D eigenvalue weighted by molar-refractivity contribution is 8.76. The zero-order valence-electron chi connectivity index (χ0n) is 64.0. The Balaban J connectivity index is 0. The Morgan fingerprint density at radius 2 is 0.907 bits per heavy atom. The first-order valence-corrected chi connectivity index (χ1v) is 44.9. The summed E-state index contributed by atoms with van der Waals surface area (Å²) >= 11 is 0. The Bertz CT molecular complexity index is 2690. The van der Waals surface area contributed by atoms with E-state index in [1.165, 1.54) is 17.7 Å². The fourth-order valence-electron chi connectivity index (χ4n) is 8.04. The van der Waals surface area contributed by atoms with E-state index in [0.29, 0.717) is 90.3 Å². The number of carbonyl (C=O) groups is 9. The standard InChI is InChI=1S/C32H61N4O14P.C21H35N2O8P.C14H28NO7PS2/c1-4-5-13-34-31(40)48-18-10-8-11-19-49-32(41)35-15-21-44-24-25-45-27-30(39)47-23-17-36(16-22-46-28(2)37)26-29(38)33-14-9-6-7-12-20-50-51(3,42)43;1-3-14-28-16-13-23-21(25)31-19-10-8-18(9-11-19)17-29-20(24)22-12-6-4-5-7-15-30-32(2,26)27;1-3-8-21-14(18)15-12(13(16)17)11-25-24-10-7-5-4-6-9-22-23(2,19)20/h4-27H2,1-3H3,(H,33,38)(H,34,40)(H,35,41)(H,42,43);8-11H,3-7,12-17H2,1-2H3,(H,22,24)(H,23,25)(H,26,27);12H,3-11H2,1-2H3,(H,15,18)(H,16,17)(H,19,20)/p-3/t;;12-/m..0/s1. The zero-order valence-corrected chi connectivity index (χ0v) is 68.3. The van der Waals surface area contributed by atoms with Crippen molar-refractivity contribution in [3.63, 3.8) is 0 Å². The van der Waals surface area contributed by atoms with Crippen molar-refractivity contribution < 1.29 is 138 Å². The lowest BCUT2D eigenvalue weighted by Crippen LogP contribution is -2.42. The Labute approximate surface area is 644 Å². The molecule has 0 aliphatic rings. The van der Waals surface area contributed by atoms with Crippen LogP contribution >= 0.6 is 44.4 Å². The predicted molar refractivity (Wildman–Crippen MR) is 401 cm³/mol. The van der Waals surface area contributed by atoms with Gasteiger partial charge in [0, 0.05) is 90.8 Å². The molecule has 0 saturated heterocycles. The maximum atomic E-state index is 12.4. The molecule has 0 radical (unpaired) electrons. The number of carboxylic acid groups (broad SMARTS) is 1. The van der Waals surface area contributed by atoms with Crippen LogP contribution in [0.2, 0.25) is 0 Å². The molecule has 0 bridgehead atoms. The smallest absolute Gasteiger partial charge is 0.412 e. The third kappa shape index (κ3) is 78.6. The molecule has 0 aromatic heterocycles. The molecule has 1 aromatic carbocycles. The number of aliphatic carboxylic acids is 1. The summed E-state index contributed by atoms with van der Waals surface area (Å²) in [6, 6.07) is 5.68. The minimum Gasteiger partial charge on any atom is -0.779 e. The molecule has 36 nitrogen and oxygen atoms in total. The van der Waals surface area contributed by atoms with Crippen LogP contribution in [0.1, 0.15) is 155 Å². The van der Waals surface area contributed by atoms with E-state index in [0.717, 1.165) is 115 Å². The number of amides is 6. The van der Waals surface area contributed by atoms with E-state index in [1.807, 2.05) is 20.8 Å². The lowest BCUT2D eigenvalue weighted by molar-refractivity contribution is -0.197. The molecule has 0 saturated carbocycles. The molecule has 0 spiro atoms. The van der Waals surface area contributed by atoms with Gasteiger partial charge in [-0.25, -0.2) is 33.6 Å². The van der Waals surface area contributed by atoms with Crippen molar-refractivity contribution in [3.8, 4) is 5.75 Å². The number of carboxylic acids is 1. The van der Waals surface area contributed by atoms with Gasteiger partial charge in [0.15, 0.2) is 0 Å². The van der Waals surface area contributed by atoms with Crippen molar-refractivity contribution in [2.75, 3.05) is 176 Å². The van der Waals surface area contributed by atoms with Crippen LogP contribution < -0.4 is 51.3 Å². The van der Waals surface area contributed by atoms with Crippen LogP contribution in [0.3, 0.4) is 0 Å². The lowest BCUT2D eigenvalue weighted by Gasteiger charge is -2.21. The molecule has 0 aliphatic carbocycles. The van der Waals surface area contributed by atoms with Crippen molar-refractivity contribution in [2.24, 2.45) is 0 Å². The fraction of sp³-hybridized carbons (Fsp3) is 0.776. The molecule has 1 rings (SSSR count). The highest BCUT2D eigenvalue weighted by atomic mass is 33.1. The minimum atomic E-state index is -3.70. The minimum absolute atomic E-state index is 0.00370. The highest BCUT2D eigenvalue weighted by Crippen LogP contribution is 2.33. The van der Waals surface area contributed by atoms with Gasteiger partial charge < -0.3 is 126 Å². The van der Waals surface area contributed by atoms with Crippen molar-refractivity contribution >= 4 is 98.7 Å². The quantitative estimate of drug-likeness (QED) is 0.0108. The van der Waals surface area contributed by atoms with Crippen LogP contribution in [-0.2, 0) is 95.7 Å². The second-order valence-corrected chi connectivity index (χ2v) is 31.8. The SMILES string of the molecule is CCCCNC(=O)OCCCCCOC(=O)NCCOCCOCC(=O)OCCN(CCOC(C)=O)CC(=O)NCCCCCCOP(C)(=O)[O-].CCCOC(=O)N[C@@H](CSSCCCCCCOP(C)(=O)[O-])C(=O)O.CCCOCCNC(=O)Oc1ccc(COC(=O)NCCCCCCOP(C)(=O)[O-])cc1. The Hall–Kier alpha value is -5.56.